The van der Waals surface area contributed by atoms with Crippen LogP contribution in [-0.4, -0.2) is 12.1 Å². The highest BCUT2D eigenvalue weighted by molar-refractivity contribution is 9.10. The van der Waals surface area contributed by atoms with Crippen LogP contribution in [0.1, 0.15) is 51.0 Å². The van der Waals surface area contributed by atoms with Gasteiger partial charge in [-0.05, 0) is 43.2 Å². The monoisotopic (exact) mass is 295 g/mol. The molecule has 1 aromatic carbocycles. The molecule has 94 valence electrons. The van der Waals surface area contributed by atoms with Crippen LogP contribution in [0.4, 0.5) is 0 Å². The highest BCUT2D eigenvalue weighted by Gasteiger charge is 2.31. The minimum atomic E-state index is 0.708. The third-order valence-corrected chi connectivity index (χ3v) is 4.66. The van der Waals surface area contributed by atoms with Gasteiger partial charge in [-0.1, -0.05) is 48.0 Å². The fourth-order valence-corrected chi connectivity index (χ4v) is 3.28. The molecule has 2 heteroatoms. The van der Waals surface area contributed by atoms with Gasteiger partial charge in [0.25, 0.3) is 0 Å². The third kappa shape index (κ3) is 3.11. The first kappa shape index (κ1) is 13.1. The molecule has 1 saturated carbocycles. The maximum atomic E-state index is 3.76. The molecule has 1 N–H and O–H groups in total. The van der Waals surface area contributed by atoms with Crippen molar-refractivity contribution in [3.05, 3.63) is 34.3 Å². The smallest absolute Gasteiger partial charge is 0.0210 e. The lowest BCUT2D eigenvalue weighted by Crippen LogP contribution is -2.45. The number of rotatable bonds is 5. The lowest BCUT2D eigenvalue weighted by molar-refractivity contribution is 0.258. The molecular formula is C15H22BrN. The van der Waals surface area contributed by atoms with E-state index >= 15 is 0 Å². The summed E-state index contributed by atoms with van der Waals surface area (Å²) in [7, 11) is 0. The second kappa shape index (κ2) is 6.01. The maximum absolute atomic E-state index is 3.76. The Morgan fingerprint density at radius 1 is 1.24 bits per heavy atom. The van der Waals surface area contributed by atoms with Gasteiger partial charge in [0.15, 0.2) is 0 Å². The summed E-state index contributed by atoms with van der Waals surface area (Å²) in [6.45, 7) is 4.54. The van der Waals surface area contributed by atoms with Gasteiger partial charge >= 0.3 is 0 Å². The van der Waals surface area contributed by atoms with Crippen LogP contribution < -0.4 is 5.32 Å². The number of hydrogen-bond acceptors (Lipinski definition) is 1. The Hall–Kier alpha value is -0.340. The van der Waals surface area contributed by atoms with Crippen LogP contribution in [-0.2, 0) is 0 Å². The van der Waals surface area contributed by atoms with Crippen molar-refractivity contribution in [3.63, 3.8) is 0 Å². The Balaban J connectivity index is 1.85. The van der Waals surface area contributed by atoms with Crippen LogP contribution in [0, 0.1) is 0 Å². The molecule has 0 unspecified atom stereocenters. The maximum Gasteiger partial charge on any atom is 0.0210 e. The zero-order valence-corrected chi connectivity index (χ0v) is 12.3. The first-order valence-corrected chi connectivity index (χ1v) is 7.54. The Labute approximate surface area is 113 Å². The largest absolute Gasteiger partial charge is 0.311 e. The van der Waals surface area contributed by atoms with E-state index < -0.39 is 0 Å². The second-order valence-electron chi connectivity index (χ2n) is 5.07. The van der Waals surface area contributed by atoms with Crippen molar-refractivity contribution < 1.29 is 0 Å². The molecule has 0 radical (unpaired) electrons. The summed E-state index contributed by atoms with van der Waals surface area (Å²) in [5, 5.41) is 3.76. The van der Waals surface area contributed by atoms with E-state index in [1.54, 1.807) is 0 Å². The van der Waals surface area contributed by atoms with E-state index in [-0.39, 0.29) is 0 Å². The molecule has 1 nitrogen and oxygen atoms in total. The molecule has 0 bridgehead atoms. The summed E-state index contributed by atoms with van der Waals surface area (Å²) in [5.41, 5.74) is 1.48. The minimum Gasteiger partial charge on any atom is -0.311 e. The predicted octanol–water partition coefficient (Wildman–Crippen LogP) is 4.47. The highest BCUT2D eigenvalue weighted by Crippen LogP contribution is 2.40. The Kier molecular flexibility index (Phi) is 4.63. The molecule has 1 aliphatic rings. The summed E-state index contributed by atoms with van der Waals surface area (Å²) in [4.78, 5) is 0. The molecule has 0 aliphatic heterocycles. The SMILES string of the molecule is CCC(CC)NC1CC(c2ccccc2Br)C1. The molecule has 0 aromatic heterocycles. The van der Waals surface area contributed by atoms with Gasteiger partial charge < -0.3 is 5.32 Å². The van der Waals surface area contributed by atoms with E-state index in [4.69, 9.17) is 0 Å². The van der Waals surface area contributed by atoms with Gasteiger partial charge in [0.2, 0.25) is 0 Å². The van der Waals surface area contributed by atoms with Crippen LogP contribution in [0.25, 0.3) is 0 Å². The molecule has 1 aromatic rings. The average molecular weight is 296 g/mol. The number of halogens is 1. The van der Waals surface area contributed by atoms with Crippen LogP contribution in [0.3, 0.4) is 0 Å². The van der Waals surface area contributed by atoms with E-state index in [2.05, 4.69) is 59.4 Å². The molecule has 17 heavy (non-hydrogen) atoms. The lowest BCUT2D eigenvalue weighted by atomic mass is 9.75. The van der Waals surface area contributed by atoms with Gasteiger partial charge in [0.05, 0.1) is 0 Å². The fourth-order valence-electron chi connectivity index (χ4n) is 2.67. The Morgan fingerprint density at radius 3 is 2.47 bits per heavy atom. The average Bonchev–Trinajstić information content (AvgIpc) is 2.30. The highest BCUT2D eigenvalue weighted by atomic mass is 79.9. The van der Waals surface area contributed by atoms with Gasteiger partial charge in [-0.15, -0.1) is 0 Å². The summed E-state index contributed by atoms with van der Waals surface area (Å²) in [6.07, 6.45) is 5.07. The summed E-state index contributed by atoms with van der Waals surface area (Å²) < 4.78 is 1.27. The van der Waals surface area contributed by atoms with E-state index in [9.17, 15) is 0 Å². The molecule has 0 atom stereocenters. The summed E-state index contributed by atoms with van der Waals surface area (Å²) in [5.74, 6) is 0.748. The summed E-state index contributed by atoms with van der Waals surface area (Å²) >= 11 is 3.65. The first-order valence-electron chi connectivity index (χ1n) is 6.75. The normalized spacial score (nSPS) is 23.8. The quantitative estimate of drug-likeness (QED) is 0.845. The fraction of sp³-hybridized carbons (Fsp3) is 0.600. The molecular weight excluding hydrogens is 274 g/mol. The molecule has 1 aliphatic carbocycles. The van der Waals surface area contributed by atoms with Crippen molar-refractivity contribution in [1.29, 1.82) is 0 Å². The summed E-state index contributed by atoms with van der Waals surface area (Å²) in [6, 6.07) is 10.1. The molecule has 0 heterocycles. The van der Waals surface area contributed by atoms with Gasteiger partial charge in [0.1, 0.15) is 0 Å². The van der Waals surface area contributed by atoms with Crippen LogP contribution in [0.15, 0.2) is 28.7 Å². The number of nitrogens with one attached hydrogen (secondary N) is 1. The van der Waals surface area contributed by atoms with Crippen molar-refractivity contribution in [2.24, 2.45) is 0 Å². The van der Waals surface area contributed by atoms with Gasteiger partial charge in [-0.3, -0.25) is 0 Å². The van der Waals surface area contributed by atoms with Gasteiger partial charge in [0, 0.05) is 16.6 Å². The molecule has 1 fully saturated rings. The van der Waals surface area contributed by atoms with E-state index in [1.807, 2.05) is 0 Å². The topological polar surface area (TPSA) is 12.0 Å². The van der Waals surface area contributed by atoms with Crippen LogP contribution in [0.5, 0.6) is 0 Å². The van der Waals surface area contributed by atoms with Crippen LogP contribution >= 0.6 is 15.9 Å². The molecule has 0 saturated heterocycles. The van der Waals surface area contributed by atoms with E-state index in [0.29, 0.717) is 6.04 Å². The molecule has 0 amide bonds. The van der Waals surface area contributed by atoms with E-state index in [1.165, 1.54) is 35.7 Å². The van der Waals surface area contributed by atoms with Crippen molar-refractivity contribution >= 4 is 15.9 Å². The molecule has 2 rings (SSSR count). The third-order valence-electron chi connectivity index (χ3n) is 3.94. The number of hydrogen-bond donors (Lipinski definition) is 1. The Morgan fingerprint density at radius 2 is 1.88 bits per heavy atom. The van der Waals surface area contributed by atoms with Crippen molar-refractivity contribution in [3.8, 4) is 0 Å². The van der Waals surface area contributed by atoms with Crippen LogP contribution in [0.2, 0.25) is 0 Å². The number of benzene rings is 1. The zero-order chi connectivity index (χ0) is 12.3. The van der Waals surface area contributed by atoms with Crippen molar-refractivity contribution in [2.75, 3.05) is 0 Å². The zero-order valence-electron chi connectivity index (χ0n) is 10.7. The molecule has 0 spiro atoms. The van der Waals surface area contributed by atoms with E-state index in [0.717, 1.165) is 12.0 Å². The first-order chi connectivity index (χ1) is 8.24. The van der Waals surface area contributed by atoms with Crippen molar-refractivity contribution in [2.45, 2.75) is 57.5 Å². The van der Waals surface area contributed by atoms with Gasteiger partial charge in [-0.25, -0.2) is 0 Å². The second-order valence-corrected chi connectivity index (χ2v) is 5.92. The van der Waals surface area contributed by atoms with Crippen molar-refractivity contribution in [1.82, 2.24) is 5.32 Å². The standard InChI is InChI=1S/C15H22BrN/c1-3-12(4-2)17-13-9-11(10-13)14-7-5-6-8-15(14)16/h5-8,11-13,17H,3-4,9-10H2,1-2H3. The predicted molar refractivity (Wildman–Crippen MR) is 77.4 cm³/mol. The lowest BCUT2D eigenvalue weighted by Gasteiger charge is -2.39. The van der Waals surface area contributed by atoms with Gasteiger partial charge in [-0.2, -0.15) is 0 Å². The Bertz CT molecular complexity index is 354. The minimum absolute atomic E-state index is 0.708.